The van der Waals surface area contributed by atoms with Crippen molar-refractivity contribution in [2.75, 3.05) is 12.3 Å². The maximum atomic E-state index is 11.9. The zero-order valence-electron chi connectivity index (χ0n) is 18.2. The monoisotopic (exact) mass is 389 g/mol. The van der Waals surface area contributed by atoms with Crippen LogP contribution in [0.5, 0.6) is 0 Å². The number of ether oxygens (including phenoxy) is 1. The Hall–Kier alpha value is -1.51. The Balaban J connectivity index is 1.79. The van der Waals surface area contributed by atoms with Gasteiger partial charge in [0.15, 0.2) is 0 Å². The highest BCUT2D eigenvalue weighted by Gasteiger charge is 2.06. The van der Waals surface area contributed by atoms with E-state index in [2.05, 4.69) is 6.92 Å². The molecule has 0 spiro atoms. The predicted molar refractivity (Wildman–Crippen MR) is 121 cm³/mol. The molecule has 1 rings (SSSR count). The maximum absolute atomic E-state index is 11.9. The first kappa shape index (κ1) is 24.5. The molecule has 160 valence electrons. The molecule has 3 nitrogen and oxygen atoms in total. The van der Waals surface area contributed by atoms with Crippen LogP contribution in [0.1, 0.15) is 120 Å². The van der Waals surface area contributed by atoms with Gasteiger partial charge < -0.3 is 10.5 Å². The molecule has 1 aromatic carbocycles. The molecule has 0 aliphatic rings. The molecular weight excluding hydrogens is 346 g/mol. The van der Waals surface area contributed by atoms with Crippen molar-refractivity contribution in [2.24, 2.45) is 0 Å². The van der Waals surface area contributed by atoms with Crippen molar-refractivity contribution in [1.82, 2.24) is 0 Å². The summed E-state index contributed by atoms with van der Waals surface area (Å²) in [5.74, 6) is -0.270. The fourth-order valence-electron chi connectivity index (χ4n) is 3.56. The number of carbonyl (C=O) groups excluding carboxylic acids is 1. The molecule has 0 atom stereocenters. The molecule has 0 aliphatic heterocycles. The number of hydrogen-bond donors (Lipinski definition) is 1. The van der Waals surface area contributed by atoms with Gasteiger partial charge in [0, 0.05) is 5.69 Å². The minimum absolute atomic E-state index is 0.270. The zero-order chi connectivity index (χ0) is 20.3. The number of benzene rings is 1. The number of hydrogen-bond acceptors (Lipinski definition) is 3. The third-order valence-corrected chi connectivity index (χ3v) is 5.35. The van der Waals surface area contributed by atoms with Crippen LogP contribution in [0.4, 0.5) is 5.69 Å². The summed E-state index contributed by atoms with van der Waals surface area (Å²) < 4.78 is 5.31. The van der Waals surface area contributed by atoms with Crippen molar-refractivity contribution in [3.8, 4) is 0 Å². The summed E-state index contributed by atoms with van der Waals surface area (Å²) in [5, 5.41) is 0. The molecule has 0 bridgehead atoms. The van der Waals surface area contributed by atoms with Gasteiger partial charge in [0.1, 0.15) is 0 Å². The van der Waals surface area contributed by atoms with Crippen LogP contribution < -0.4 is 5.73 Å². The summed E-state index contributed by atoms with van der Waals surface area (Å²) in [5.41, 5.74) is 6.82. The molecule has 0 radical (unpaired) electrons. The lowest BCUT2D eigenvalue weighted by Crippen LogP contribution is -2.06. The number of anilines is 1. The van der Waals surface area contributed by atoms with Crippen LogP contribution in [0, 0.1) is 0 Å². The van der Waals surface area contributed by atoms with Gasteiger partial charge in [-0.15, -0.1) is 0 Å². The van der Waals surface area contributed by atoms with Crippen LogP contribution in [0.15, 0.2) is 24.3 Å². The van der Waals surface area contributed by atoms with Gasteiger partial charge in [0.25, 0.3) is 0 Å². The lowest BCUT2D eigenvalue weighted by Gasteiger charge is -2.06. The Bertz CT molecular complexity index is 501. The number of rotatable bonds is 18. The van der Waals surface area contributed by atoms with Crippen LogP contribution in [0.2, 0.25) is 0 Å². The first-order valence-electron chi connectivity index (χ1n) is 11.8. The van der Waals surface area contributed by atoms with E-state index in [0.717, 1.165) is 12.8 Å². The van der Waals surface area contributed by atoms with E-state index in [1.165, 1.54) is 89.9 Å². The standard InChI is InChI=1S/C25H43NO2/c1-2-3-4-5-6-7-8-9-10-11-12-13-14-15-16-17-21-28-25(27)23-19-18-20-24(26)22-23/h18-20,22H,2-17,21,26H2,1H3. The topological polar surface area (TPSA) is 52.3 Å². The first-order valence-corrected chi connectivity index (χ1v) is 11.8. The van der Waals surface area contributed by atoms with E-state index >= 15 is 0 Å². The molecule has 0 unspecified atom stereocenters. The second-order valence-electron chi connectivity index (χ2n) is 8.06. The predicted octanol–water partition coefficient (Wildman–Crippen LogP) is 7.69. The van der Waals surface area contributed by atoms with Crippen LogP contribution in [0.3, 0.4) is 0 Å². The van der Waals surface area contributed by atoms with Crippen molar-refractivity contribution in [3.05, 3.63) is 29.8 Å². The number of esters is 1. The summed E-state index contributed by atoms with van der Waals surface area (Å²) in [7, 11) is 0. The molecule has 3 heteroatoms. The number of unbranched alkanes of at least 4 members (excludes halogenated alkanes) is 15. The van der Waals surface area contributed by atoms with Gasteiger partial charge in [-0.2, -0.15) is 0 Å². The number of carbonyl (C=O) groups is 1. The van der Waals surface area contributed by atoms with E-state index in [9.17, 15) is 4.79 Å². The Morgan fingerprint density at radius 2 is 1.21 bits per heavy atom. The largest absolute Gasteiger partial charge is 0.462 e. The van der Waals surface area contributed by atoms with Crippen LogP contribution in [-0.2, 0) is 4.74 Å². The summed E-state index contributed by atoms with van der Waals surface area (Å²) in [6.07, 6.45) is 21.5. The SMILES string of the molecule is CCCCCCCCCCCCCCCCCCOC(=O)c1cccc(N)c1. The Labute approximate surface area is 173 Å². The van der Waals surface area contributed by atoms with Crippen molar-refractivity contribution < 1.29 is 9.53 Å². The molecule has 2 N–H and O–H groups in total. The highest BCUT2D eigenvalue weighted by molar-refractivity contribution is 5.90. The van der Waals surface area contributed by atoms with E-state index in [0.29, 0.717) is 17.9 Å². The number of nitrogens with two attached hydrogens (primary N) is 1. The van der Waals surface area contributed by atoms with Gasteiger partial charge in [-0.1, -0.05) is 109 Å². The van der Waals surface area contributed by atoms with Crippen LogP contribution >= 0.6 is 0 Å². The fraction of sp³-hybridized carbons (Fsp3) is 0.720. The fourth-order valence-corrected chi connectivity index (χ4v) is 3.56. The molecule has 0 heterocycles. The molecule has 0 aromatic heterocycles. The van der Waals surface area contributed by atoms with Gasteiger partial charge in [0.05, 0.1) is 12.2 Å². The lowest BCUT2D eigenvalue weighted by atomic mass is 10.0. The Morgan fingerprint density at radius 3 is 1.68 bits per heavy atom. The van der Waals surface area contributed by atoms with Crippen molar-refractivity contribution in [2.45, 2.75) is 110 Å². The molecule has 0 aliphatic carbocycles. The molecule has 0 saturated carbocycles. The minimum Gasteiger partial charge on any atom is -0.462 e. The molecule has 28 heavy (non-hydrogen) atoms. The highest BCUT2D eigenvalue weighted by atomic mass is 16.5. The maximum Gasteiger partial charge on any atom is 0.338 e. The second kappa shape index (κ2) is 17.6. The summed E-state index contributed by atoms with van der Waals surface area (Å²) in [4.78, 5) is 11.9. The quantitative estimate of drug-likeness (QED) is 0.159. The minimum atomic E-state index is -0.270. The highest BCUT2D eigenvalue weighted by Crippen LogP contribution is 2.14. The van der Waals surface area contributed by atoms with Gasteiger partial charge in [-0.25, -0.2) is 4.79 Å². The molecular formula is C25H43NO2. The van der Waals surface area contributed by atoms with Crippen molar-refractivity contribution in [3.63, 3.8) is 0 Å². The Kier molecular flexibility index (Phi) is 15.4. The van der Waals surface area contributed by atoms with E-state index in [-0.39, 0.29) is 5.97 Å². The van der Waals surface area contributed by atoms with Gasteiger partial charge in [0.2, 0.25) is 0 Å². The summed E-state index contributed by atoms with van der Waals surface area (Å²) in [6.45, 7) is 2.78. The van der Waals surface area contributed by atoms with Gasteiger partial charge in [-0.05, 0) is 24.6 Å². The van der Waals surface area contributed by atoms with E-state index in [4.69, 9.17) is 10.5 Å². The van der Waals surface area contributed by atoms with Gasteiger partial charge in [-0.3, -0.25) is 0 Å². The van der Waals surface area contributed by atoms with Crippen molar-refractivity contribution >= 4 is 11.7 Å². The van der Waals surface area contributed by atoms with Crippen molar-refractivity contribution in [1.29, 1.82) is 0 Å². The number of nitrogen functional groups attached to an aromatic ring is 1. The normalized spacial score (nSPS) is 10.9. The zero-order valence-corrected chi connectivity index (χ0v) is 18.2. The summed E-state index contributed by atoms with van der Waals surface area (Å²) >= 11 is 0. The van der Waals surface area contributed by atoms with E-state index < -0.39 is 0 Å². The van der Waals surface area contributed by atoms with Gasteiger partial charge >= 0.3 is 5.97 Å². The second-order valence-corrected chi connectivity index (χ2v) is 8.06. The van der Waals surface area contributed by atoms with E-state index in [1.807, 2.05) is 0 Å². The summed E-state index contributed by atoms with van der Waals surface area (Å²) in [6, 6.07) is 6.95. The smallest absolute Gasteiger partial charge is 0.338 e. The van der Waals surface area contributed by atoms with E-state index in [1.54, 1.807) is 24.3 Å². The lowest BCUT2D eigenvalue weighted by molar-refractivity contribution is 0.0497. The first-order chi connectivity index (χ1) is 13.7. The molecule has 1 aromatic rings. The molecule has 0 fully saturated rings. The molecule has 0 amide bonds. The third-order valence-electron chi connectivity index (χ3n) is 5.35. The average Bonchev–Trinajstić information content (AvgIpc) is 2.70. The third kappa shape index (κ3) is 13.6. The van der Waals surface area contributed by atoms with Crippen LogP contribution in [0.25, 0.3) is 0 Å². The average molecular weight is 390 g/mol. The Morgan fingerprint density at radius 1 is 0.750 bits per heavy atom. The molecule has 0 saturated heterocycles. The van der Waals surface area contributed by atoms with Crippen LogP contribution in [-0.4, -0.2) is 12.6 Å².